The third-order valence-electron chi connectivity index (χ3n) is 4.36. The fourth-order valence-corrected chi connectivity index (χ4v) is 2.67. The molecule has 0 bridgehead atoms. The zero-order valence-corrected chi connectivity index (χ0v) is 12.3. The maximum atomic E-state index is 3.71. The molecule has 0 aromatic heterocycles. The number of nitrogens with zero attached hydrogens (tertiary/aromatic N) is 1. The van der Waals surface area contributed by atoms with Crippen LogP contribution in [0.2, 0.25) is 0 Å². The Morgan fingerprint density at radius 3 is 2.65 bits per heavy atom. The van der Waals surface area contributed by atoms with Gasteiger partial charge in [0.25, 0.3) is 0 Å². The lowest BCUT2D eigenvalue weighted by Gasteiger charge is -2.41. The molecule has 0 aromatic rings. The molecule has 3 atom stereocenters. The first-order valence-electron chi connectivity index (χ1n) is 7.66. The molecule has 102 valence electrons. The van der Waals surface area contributed by atoms with Crippen molar-refractivity contribution < 1.29 is 0 Å². The Kier molecular flexibility index (Phi) is 7.14. The Hall–Kier alpha value is -0.0800. The summed E-state index contributed by atoms with van der Waals surface area (Å²) in [7, 11) is 0. The van der Waals surface area contributed by atoms with Crippen LogP contribution < -0.4 is 5.32 Å². The van der Waals surface area contributed by atoms with Crippen molar-refractivity contribution in [2.45, 2.75) is 71.9 Å². The Morgan fingerprint density at radius 1 is 1.24 bits per heavy atom. The smallest absolute Gasteiger partial charge is 0.0221 e. The maximum Gasteiger partial charge on any atom is 0.0221 e. The zero-order chi connectivity index (χ0) is 12.7. The van der Waals surface area contributed by atoms with Gasteiger partial charge in [-0.25, -0.2) is 0 Å². The zero-order valence-electron chi connectivity index (χ0n) is 12.3. The third kappa shape index (κ3) is 4.97. The fraction of sp³-hybridized carbons (Fsp3) is 1.00. The molecule has 0 saturated carbocycles. The first-order valence-corrected chi connectivity index (χ1v) is 7.66. The van der Waals surface area contributed by atoms with Gasteiger partial charge in [-0.15, -0.1) is 0 Å². The van der Waals surface area contributed by atoms with E-state index >= 15 is 0 Å². The van der Waals surface area contributed by atoms with E-state index in [-0.39, 0.29) is 0 Å². The van der Waals surface area contributed by atoms with Crippen molar-refractivity contribution in [2.24, 2.45) is 5.92 Å². The van der Waals surface area contributed by atoms with E-state index in [9.17, 15) is 0 Å². The van der Waals surface area contributed by atoms with E-state index in [1.165, 1.54) is 51.7 Å². The molecule has 1 fully saturated rings. The number of unbranched alkanes of at least 4 members (excludes halogenated alkanes) is 3. The van der Waals surface area contributed by atoms with Crippen LogP contribution in [-0.4, -0.2) is 36.6 Å². The Bertz CT molecular complexity index is 193. The minimum absolute atomic E-state index is 0.711. The van der Waals surface area contributed by atoms with Crippen molar-refractivity contribution >= 4 is 0 Å². The molecular formula is C15H32N2. The molecule has 1 N–H and O–H groups in total. The van der Waals surface area contributed by atoms with Crippen molar-refractivity contribution in [1.29, 1.82) is 0 Å². The predicted molar refractivity (Wildman–Crippen MR) is 76.4 cm³/mol. The minimum Gasteiger partial charge on any atom is -0.311 e. The van der Waals surface area contributed by atoms with Crippen molar-refractivity contribution in [3.63, 3.8) is 0 Å². The second kappa shape index (κ2) is 8.10. The van der Waals surface area contributed by atoms with Crippen LogP contribution in [0, 0.1) is 5.92 Å². The molecule has 17 heavy (non-hydrogen) atoms. The highest BCUT2D eigenvalue weighted by Gasteiger charge is 2.26. The lowest BCUT2D eigenvalue weighted by molar-refractivity contribution is 0.116. The van der Waals surface area contributed by atoms with E-state index in [1.807, 2.05) is 0 Å². The summed E-state index contributed by atoms with van der Waals surface area (Å²) in [4.78, 5) is 2.70. The van der Waals surface area contributed by atoms with Gasteiger partial charge in [-0.2, -0.15) is 0 Å². The quantitative estimate of drug-likeness (QED) is 0.687. The second-order valence-electron chi connectivity index (χ2n) is 5.80. The van der Waals surface area contributed by atoms with Gasteiger partial charge in [-0.1, -0.05) is 46.5 Å². The van der Waals surface area contributed by atoms with E-state index < -0.39 is 0 Å². The molecule has 1 rings (SSSR count). The number of hydrogen-bond donors (Lipinski definition) is 1. The summed E-state index contributed by atoms with van der Waals surface area (Å²) in [5.74, 6) is 0.806. The summed E-state index contributed by atoms with van der Waals surface area (Å²) in [6.45, 7) is 13.0. The van der Waals surface area contributed by atoms with Crippen LogP contribution in [0.1, 0.15) is 59.8 Å². The topological polar surface area (TPSA) is 15.3 Å². The third-order valence-corrected chi connectivity index (χ3v) is 4.36. The van der Waals surface area contributed by atoms with Crippen molar-refractivity contribution in [2.75, 3.05) is 19.6 Å². The minimum atomic E-state index is 0.711. The lowest BCUT2D eigenvalue weighted by Crippen LogP contribution is -2.57. The number of piperazine rings is 1. The highest BCUT2D eigenvalue weighted by Crippen LogP contribution is 2.16. The molecule has 1 aliphatic heterocycles. The standard InChI is InChI=1S/C15H32N2/c1-5-7-8-9-10-17-12-15(13(3)6-2)16-11-14(17)4/h13-16H,5-12H2,1-4H3. The van der Waals surface area contributed by atoms with E-state index in [0.29, 0.717) is 6.04 Å². The van der Waals surface area contributed by atoms with Gasteiger partial charge in [0.1, 0.15) is 0 Å². The van der Waals surface area contributed by atoms with E-state index in [1.54, 1.807) is 0 Å². The van der Waals surface area contributed by atoms with E-state index in [4.69, 9.17) is 0 Å². The molecule has 0 aliphatic carbocycles. The first-order chi connectivity index (χ1) is 8.19. The molecule has 3 unspecified atom stereocenters. The van der Waals surface area contributed by atoms with Crippen LogP contribution in [0.25, 0.3) is 0 Å². The molecule has 1 heterocycles. The van der Waals surface area contributed by atoms with Gasteiger partial charge in [-0.3, -0.25) is 4.90 Å². The summed E-state index contributed by atoms with van der Waals surface area (Å²) < 4.78 is 0. The summed E-state index contributed by atoms with van der Waals surface area (Å²) in [6, 6.07) is 1.43. The summed E-state index contributed by atoms with van der Waals surface area (Å²) in [5, 5.41) is 3.71. The highest BCUT2D eigenvalue weighted by molar-refractivity contribution is 4.86. The average molecular weight is 240 g/mol. The molecule has 1 aliphatic rings. The van der Waals surface area contributed by atoms with E-state index in [0.717, 1.165) is 12.0 Å². The second-order valence-corrected chi connectivity index (χ2v) is 5.80. The molecular weight excluding hydrogens is 208 g/mol. The van der Waals surface area contributed by atoms with Gasteiger partial charge < -0.3 is 5.32 Å². The van der Waals surface area contributed by atoms with Gasteiger partial charge in [0.05, 0.1) is 0 Å². The number of rotatable bonds is 7. The summed E-state index contributed by atoms with van der Waals surface area (Å²) >= 11 is 0. The van der Waals surface area contributed by atoms with Crippen LogP contribution in [0.4, 0.5) is 0 Å². The molecule has 0 aromatic carbocycles. The van der Waals surface area contributed by atoms with Crippen LogP contribution in [-0.2, 0) is 0 Å². The average Bonchev–Trinajstić information content (AvgIpc) is 2.35. The number of nitrogens with one attached hydrogen (secondary N) is 1. The molecule has 1 saturated heterocycles. The van der Waals surface area contributed by atoms with Crippen LogP contribution in [0.3, 0.4) is 0 Å². The maximum absolute atomic E-state index is 3.71. The fourth-order valence-electron chi connectivity index (χ4n) is 2.67. The molecule has 2 heteroatoms. The molecule has 2 nitrogen and oxygen atoms in total. The van der Waals surface area contributed by atoms with Gasteiger partial charge in [0.15, 0.2) is 0 Å². The predicted octanol–water partition coefficient (Wildman–Crippen LogP) is 3.28. The van der Waals surface area contributed by atoms with Gasteiger partial charge in [0, 0.05) is 25.2 Å². The Balaban J connectivity index is 2.30. The van der Waals surface area contributed by atoms with Crippen molar-refractivity contribution in [3.8, 4) is 0 Å². The van der Waals surface area contributed by atoms with Gasteiger partial charge >= 0.3 is 0 Å². The van der Waals surface area contributed by atoms with E-state index in [2.05, 4.69) is 37.9 Å². The normalized spacial score (nSPS) is 28.2. The van der Waals surface area contributed by atoms with Crippen LogP contribution in [0.15, 0.2) is 0 Å². The summed E-state index contributed by atoms with van der Waals surface area (Å²) in [6.07, 6.45) is 6.81. The van der Waals surface area contributed by atoms with Crippen molar-refractivity contribution in [1.82, 2.24) is 10.2 Å². The Labute approximate surface area is 108 Å². The monoisotopic (exact) mass is 240 g/mol. The lowest BCUT2D eigenvalue weighted by atomic mass is 9.95. The van der Waals surface area contributed by atoms with Gasteiger partial charge in [0.2, 0.25) is 0 Å². The SMILES string of the molecule is CCCCCCN1CC(C(C)CC)NCC1C. The molecule has 0 spiro atoms. The summed E-state index contributed by atoms with van der Waals surface area (Å²) in [5.41, 5.74) is 0. The first kappa shape index (κ1) is 15.0. The van der Waals surface area contributed by atoms with Crippen LogP contribution >= 0.6 is 0 Å². The largest absolute Gasteiger partial charge is 0.311 e. The molecule has 0 amide bonds. The van der Waals surface area contributed by atoms with Crippen LogP contribution in [0.5, 0.6) is 0 Å². The highest BCUT2D eigenvalue weighted by atomic mass is 15.2. The van der Waals surface area contributed by atoms with Crippen molar-refractivity contribution in [3.05, 3.63) is 0 Å². The molecule has 0 radical (unpaired) electrons. The Morgan fingerprint density at radius 2 is 2.00 bits per heavy atom. The van der Waals surface area contributed by atoms with Gasteiger partial charge in [-0.05, 0) is 25.8 Å². The number of hydrogen-bond acceptors (Lipinski definition) is 2.